The topological polar surface area (TPSA) is 58.4 Å². The maximum absolute atomic E-state index is 11.6. The van der Waals surface area contributed by atoms with Crippen LogP contribution in [-0.4, -0.2) is 43.0 Å². The molecule has 1 spiro atoms. The van der Waals surface area contributed by atoms with Crippen LogP contribution >= 0.6 is 0 Å². The van der Waals surface area contributed by atoms with Gasteiger partial charge >= 0.3 is 0 Å². The van der Waals surface area contributed by atoms with Crippen molar-refractivity contribution in [3.63, 3.8) is 0 Å². The molecule has 3 N–H and O–H groups in total. The van der Waals surface area contributed by atoms with Crippen molar-refractivity contribution in [2.24, 2.45) is 11.1 Å². The number of rotatable bonds is 4. The van der Waals surface area contributed by atoms with Crippen LogP contribution in [0, 0.1) is 5.41 Å². The number of amides is 1. The second kappa shape index (κ2) is 5.80. The van der Waals surface area contributed by atoms with Crippen LogP contribution in [0.25, 0.3) is 0 Å². The van der Waals surface area contributed by atoms with Gasteiger partial charge in [-0.25, -0.2) is 0 Å². The summed E-state index contributed by atoms with van der Waals surface area (Å²) < 4.78 is 0. The minimum absolute atomic E-state index is 0.257. The van der Waals surface area contributed by atoms with Crippen molar-refractivity contribution in [3.8, 4) is 0 Å². The van der Waals surface area contributed by atoms with Gasteiger partial charge in [0.15, 0.2) is 0 Å². The summed E-state index contributed by atoms with van der Waals surface area (Å²) >= 11 is 0. The maximum Gasteiger partial charge on any atom is 0.238 e. The normalized spacial score (nSPS) is 27.1. The van der Waals surface area contributed by atoms with Gasteiger partial charge in [0.25, 0.3) is 0 Å². The fraction of sp³-hybridized carbons (Fsp3) is 0.933. The maximum atomic E-state index is 11.6. The molecule has 1 atom stereocenters. The largest absolute Gasteiger partial charge is 0.368 e. The first-order valence-corrected chi connectivity index (χ1v) is 7.71. The molecule has 0 aromatic heterocycles. The van der Waals surface area contributed by atoms with E-state index in [4.69, 9.17) is 5.73 Å². The average molecular weight is 267 g/mol. The van der Waals surface area contributed by atoms with Gasteiger partial charge < -0.3 is 16.0 Å². The molecule has 1 amide bonds. The summed E-state index contributed by atoms with van der Waals surface area (Å²) in [6.07, 6.45) is 9.67. The first-order valence-electron chi connectivity index (χ1n) is 7.71. The number of nitrogens with two attached hydrogens (primary N) is 1. The Labute approximate surface area is 117 Å². The van der Waals surface area contributed by atoms with Gasteiger partial charge in [-0.2, -0.15) is 0 Å². The highest BCUT2D eigenvalue weighted by Gasteiger charge is 2.38. The molecule has 2 rings (SSSR count). The van der Waals surface area contributed by atoms with Crippen molar-refractivity contribution in [1.29, 1.82) is 0 Å². The number of primary amides is 1. The molecule has 0 bridgehead atoms. The molecule has 19 heavy (non-hydrogen) atoms. The SMILES string of the molecule is CNC(C)(CN1CCC2(CCCCC2)CC1)C(N)=O. The Balaban J connectivity index is 1.87. The molecular weight excluding hydrogens is 238 g/mol. The van der Waals surface area contributed by atoms with E-state index >= 15 is 0 Å². The highest BCUT2D eigenvalue weighted by atomic mass is 16.1. The highest BCUT2D eigenvalue weighted by molar-refractivity contribution is 5.84. The van der Waals surface area contributed by atoms with E-state index in [0.717, 1.165) is 19.6 Å². The number of piperidine rings is 1. The van der Waals surface area contributed by atoms with E-state index in [1.54, 1.807) is 0 Å². The minimum atomic E-state index is -0.600. The molecule has 2 fully saturated rings. The molecule has 4 nitrogen and oxygen atoms in total. The summed E-state index contributed by atoms with van der Waals surface area (Å²) in [5.74, 6) is -0.257. The number of nitrogens with one attached hydrogen (secondary N) is 1. The first kappa shape index (κ1) is 14.8. The van der Waals surface area contributed by atoms with Crippen LogP contribution in [0.2, 0.25) is 0 Å². The molecule has 1 saturated heterocycles. The zero-order valence-corrected chi connectivity index (χ0v) is 12.5. The second-order valence-corrected chi connectivity index (χ2v) is 6.78. The molecule has 1 aliphatic carbocycles. The Kier molecular flexibility index (Phi) is 4.51. The fourth-order valence-corrected chi connectivity index (χ4v) is 3.71. The third-order valence-electron chi connectivity index (χ3n) is 5.47. The molecular formula is C15H29N3O. The van der Waals surface area contributed by atoms with E-state index in [9.17, 15) is 4.79 Å². The average Bonchev–Trinajstić information content (AvgIpc) is 2.42. The van der Waals surface area contributed by atoms with Crippen molar-refractivity contribution in [1.82, 2.24) is 10.2 Å². The first-order chi connectivity index (χ1) is 9.00. The van der Waals surface area contributed by atoms with Crippen LogP contribution in [-0.2, 0) is 4.79 Å². The lowest BCUT2D eigenvalue weighted by Gasteiger charge is -2.46. The fourth-order valence-electron chi connectivity index (χ4n) is 3.71. The molecule has 0 radical (unpaired) electrons. The Morgan fingerprint density at radius 1 is 1.21 bits per heavy atom. The van der Waals surface area contributed by atoms with Crippen molar-refractivity contribution in [2.45, 2.75) is 57.4 Å². The molecule has 4 heteroatoms. The standard InChI is InChI=1S/C15H29N3O/c1-14(17-2,13(16)19)12-18-10-8-15(9-11-18)6-4-3-5-7-15/h17H,3-12H2,1-2H3,(H2,16,19). The Morgan fingerprint density at radius 3 is 2.26 bits per heavy atom. The second-order valence-electron chi connectivity index (χ2n) is 6.78. The monoisotopic (exact) mass is 267 g/mol. The van der Waals surface area contributed by atoms with Crippen molar-refractivity contribution < 1.29 is 4.79 Å². The van der Waals surface area contributed by atoms with E-state index in [2.05, 4.69) is 10.2 Å². The van der Waals surface area contributed by atoms with Crippen molar-refractivity contribution >= 4 is 5.91 Å². The van der Waals surface area contributed by atoms with Crippen LogP contribution in [0.15, 0.2) is 0 Å². The molecule has 1 aliphatic heterocycles. The summed E-state index contributed by atoms with van der Waals surface area (Å²) in [6, 6.07) is 0. The quantitative estimate of drug-likeness (QED) is 0.811. The van der Waals surface area contributed by atoms with E-state index in [1.807, 2.05) is 14.0 Å². The summed E-state index contributed by atoms with van der Waals surface area (Å²) in [6.45, 7) is 4.87. The minimum Gasteiger partial charge on any atom is -0.368 e. The smallest absolute Gasteiger partial charge is 0.238 e. The van der Waals surface area contributed by atoms with E-state index in [-0.39, 0.29) is 5.91 Å². The van der Waals surface area contributed by atoms with Gasteiger partial charge in [-0.15, -0.1) is 0 Å². The Bertz CT molecular complexity index is 315. The highest BCUT2D eigenvalue weighted by Crippen LogP contribution is 2.44. The van der Waals surface area contributed by atoms with Crippen LogP contribution in [0.3, 0.4) is 0 Å². The van der Waals surface area contributed by atoms with Gasteiger partial charge in [0, 0.05) is 6.54 Å². The molecule has 2 aliphatic rings. The number of nitrogens with zero attached hydrogens (tertiary/aromatic N) is 1. The molecule has 0 aromatic rings. The van der Waals surface area contributed by atoms with Gasteiger partial charge in [0.2, 0.25) is 5.91 Å². The van der Waals surface area contributed by atoms with Gasteiger partial charge in [-0.3, -0.25) is 4.79 Å². The summed E-state index contributed by atoms with van der Waals surface area (Å²) in [5, 5.41) is 3.08. The zero-order chi connectivity index (χ0) is 13.9. The van der Waals surface area contributed by atoms with Gasteiger partial charge in [-0.05, 0) is 58.2 Å². The van der Waals surface area contributed by atoms with E-state index in [0.29, 0.717) is 5.41 Å². The zero-order valence-electron chi connectivity index (χ0n) is 12.5. The molecule has 0 aromatic carbocycles. The van der Waals surface area contributed by atoms with Crippen LogP contribution < -0.4 is 11.1 Å². The number of hydrogen-bond donors (Lipinski definition) is 2. The predicted octanol–water partition coefficient (Wildman–Crippen LogP) is 1.50. The summed E-state index contributed by atoms with van der Waals surface area (Å²) in [7, 11) is 1.82. The van der Waals surface area contributed by atoms with Crippen molar-refractivity contribution in [3.05, 3.63) is 0 Å². The number of carbonyl (C=O) groups is 1. The number of likely N-dealkylation sites (tertiary alicyclic amines) is 1. The van der Waals surface area contributed by atoms with Crippen LogP contribution in [0.1, 0.15) is 51.9 Å². The van der Waals surface area contributed by atoms with Crippen molar-refractivity contribution in [2.75, 3.05) is 26.7 Å². The van der Waals surface area contributed by atoms with Crippen LogP contribution in [0.5, 0.6) is 0 Å². The van der Waals surface area contributed by atoms with E-state index < -0.39 is 5.54 Å². The van der Waals surface area contributed by atoms with Gasteiger partial charge in [0.05, 0.1) is 0 Å². The Hall–Kier alpha value is -0.610. The number of carbonyl (C=O) groups excluding carboxylic acids is 1. The molecule has 110 valence electrons. The van der Waals surface area contributed by atoms with Gasteiger partial charge in [0.1, 0.15) is 5.54 Å². The lowest BCUT2D eigenvalue weighted by molar-refractivity contribution is -0.124. The third kappa shape index (κ3) is 3.29. The molecule has 1 heterocycles. The number of likely N-dealkylation sites (N-methyl/N-ethyl adjacent to an activating group) is 1. The Morgan fingerprint density at radius 2 is 1.79 bits per heavy atom. The molecule has 1 unspecified atom stereocenters. The summed E-state index contributed by atoms with van der Waals surface area (Å²) in [5.41, 5.74) is 5.53. The third-order valence-corrected chi connectivity index (χ3v) is 5.47. The van der Waals surface area contributed by atoms with E-state index in [1.165, 1.54) is 44.9 Å². The predicted molar refractivity (Wildman–Crippen MR) is 77.9 cm³/mol. The lowest BCUT2D eigenvalue weighted by atomic mass is 9.68. The van der Waals surface area contributed by atoms with Gasteiger partial charge in [-0.1, -0.05) is 19.3 Å². The lowest BCUT2D eigenvalue weighted by Crippen LogP contribution is -2.59. The number of hydrogen-bond acceptors (Lipinski definition) is 3. The van der Waals surface area contributed by atoms with Crippen LogP contribution in [0.4, 0.5) is 0 Å². The molecule has 1 saturated carbocycles. The summed E-state index contributed by atoms with van der Waals surface area (Å²) in [4.78, 5) is 14.0.